The van der Waals surface area contributed by atoms with E-state index in [2.05, 4.69) is 0 Å². The van der Waals surface area contributed by atoms with Crippen LogP contribution in [-0.2, 0) is 38.1 Å². The predicted octanol–water partition coefficient (Wildman–Crippen LogP) is 2.02. The van der Waals surface area contributed by atoms with Gasteiger partial charge in [0.05, 0.1) is 35.2 Å². The minimum Gasteiger partial charge on any atom is -0.462 e. The Balaban J connectivity index is 1.87. The van der Waals surface area contributed by atoms with E-state index in [0.29, 0.717) is 5.57 Å². The minimum atomic E-state index is -1.80. The van der Waals surface area contributed by atoms with Gasteiger partial charge in [-0.3, -0.25) is 14.4 Å². The lowest BCUT2D eigenvalue weighted by Crippen LogP contribution is -2.79. The summed E-state index contributed by atoms with van der Waals surface area (Å²) in [5, 5.41) is 36.2. The van der Waals surface area contributed by atoms with Crippen molar-refractivity contribution in [1.82, 2.24) is 0 Å². The Labute approximate surface area is 261 Å². The molecule has 3 N–H and O–H groups in total. The van der Waals surface area contributed by atoms with Crippen molar-refractivity contribution < 1.29 is 58.2 Å². The van der Waals surface area contributed by atoms with Gasteiger partial charge in [-0.25, -0.2) is 4.79 Å². The Kier molecular flexibility index (Phi) is 8.21. The fraction of sp³-hybridized carbons (Fsp3) is 0.636. The summed E-state index contributed by atoms with van der Waals surface area (Å²) in [6, 6.07) is 8.11. The first-order valence-corrected chi connectivity index (χ1v) is 15.1. The molecule has 4 aliphatic rings. The van der Waals surface area contributed by atoms with Crippen molar-refractivity contribution in [2.75, 3.05) is 6.61 Å². The number of hydrogen-bond donors (Lipinski definition) is 3. The van der Waals surface area contributed by atoms with E-state index in [4.69, 9.17) is 23.7 Å². The molecular formula is C33H42O12. The topological polar surface area (TPSA) is 175 Å². The first-order valence-electron chi connectivity index (χ1n) is 15.1. The number of rotatable bonds is 6. The second-order valence-corrected chi connectivity index (χ2v) is 13.5. The van der Waals surface area contributed by atoms with Crippen LogP contribution in [0.5, 0.6) is 0 Å². The van der Waals surface area contributed by atoms with Gasteiger partial charge in [-0.2, -0.15) is 0 Å². The van der Waals surface area contributed by atoms with E-state index >= 15 is 0 Å². The van der Waals surface area contributed by atoms with Gasteiger partial charge in [0.25, 0.3) is 0 Å². The van der Waals surface area contributed by atoms with Crippen LogP contribution >= 0.6 is 0 Å². The largest absolute Gasteiger partial charge is 0.462 e. The number of carbonyl (C=O) groups is 4. The Morgan fingerprint density at radius 1 is 0.956 bits per heavy atom. The molecule has 3 aliphatic carbocycles. The normalized spacial score (nSPS) is 38.8. The smallest absolute Gasteiger partial charge is 0.338 e. The van der Waals surface area contributed by atoms with Gasteiger partial charge in [0.1, 0.15) is 24.4 Å². The molecule has 0 aromatic heterocycles. The Morgan fingerprint density at radius 3 is 2.09 bits per heavy atom. The maximum atomic E-state index is 13.7. The van der Waals surface area contributed by atoms with Crippen LogP contribution in [-0.4, -0.2) is 93.6 Å². The highest BCUT2D eigenvalue weighted by molar-refractivity contribution is 5.89. The third-order valence-electron chi connectivity index (χ3n) is 10.6. The molecule has 5 rings (SSSR count). The molecule has 45 heavy (non-hydrogen) atoms. The van der Waals surface area contributed by atoms with Gasteiger partial charge in [0, 0.05) is 32.6 Å². The molecule has 2 saturated carbocycles. The average molecular weight is 631 g/mol. The number of benzene rings is 1. The third kappa shape index (κ3) is 4.88. The number of hydrogen-bond acceptors (Lipinski definition) is 12. The second kappa shape index (κ2) is 11.2. The number of ether oxygens (including phenoxy) is 5. The van der Waals surface area contributed by atoms with Crippen molar-refractivity contribution in [1.29, 1.82) is 0 Å². The van der Waals surface area contributed by atoms with Crippen LogP contribution in [0.3, 0.4) is 0 Å². The van der Waals surface area contributed by atoms with Crippen molar-refractivity contribution in [3.8, 4) is 0 Å². The molecule has 1 aliphatic heterocycles. The average Bonchev–Trinajstić information content (AvgIpc) is 3.18. The molecule has 0 amide bonds. The molecular weight excluding hydrogens is 588 g/mol. The highest BCUT2D eigenvalue weighted by atomic mass is 16.6. The number of fused-ring (bicyclic) bond motifs is 4. The zero-order valence-electron chi connectivity index (χ0n) is 26.6. The van der Waals surface area contributed by atoms with Gasteiger partial charge in [0.15, 0.2) is 11.7 Å². The van der Waals surface area contributed by atoms with E-state index in [1.807, 2.05) is 0 Å². The molecule has 10 atom stereocenters. The summed E-state index contributed by atoms with van der Waals surface area (Å²) in [5.74, 6) is -4.07. The van der Waals surface area contributed by atoms with Crippen molar-refractivity contribution in [2.24, 2.45) is 16.7 Å². The van der Waals surface area contributed by atoms with E-state index in [9.17, 15) is 34.5 Å². The maximum Gasteiger partial charge on any atom is 0.338 e. The van der Waals surface area contributed by atoms with E-state index < -0.39 is 88.5 Å². The van der Waals surface area contributed by atoms with Crippen LogP contribution in [0.15, 0.2) is 41.5 Å². The van der Waals surface area contributed by atoms with E-state index in [1.54, 1.807) is 44.2 Å². The fourth-order valence-corrected chi connectivity index (χ4v) is 8.63. The first-order chi connectivity index (χ1) is 20.9. The van der Waals surface area contributed by atoms with Crippen LogP contribution in [0.2, 0.25) is 0 Å². The minimum absolute atomic E-state index is 0.000758. The summed E-state index contributed by atoms with van der Waals surface area (Å²) < 4.78 is 30.1. The second-order valence-electron chi connectivity index (χ2n) is 13.5. The summed E-state index contributed by atoms with van der Waals surface area (Å²) >= 11 is 0. The molecule has 1 heterocycles. The summed E-state index contributed by atoms with van der Waals surface area (Å²) in [6.45, 7) is 9.66. The zero-order valence-corrected chi connectivity index (χ0v) is 26.6. The van der Waals surface area contributed by atoms with Crippen LogP contribution in [0.4, 0.5) is 0 Å². The Bertz CT molecular complexity index is 1410. The van der Waals surface area contributed by atoms with Gasteiger partial charge < -0.3 is 39.0 Å². The van der Waals surface area contributed by atoms with E-state index in [1.165, 1.54) is 34.6 Å². The number of esters is 4. The Morgan fingerprint density at radius 2 is 1.58 bits per heavy atom. The van der Waals surface area contributed by atoms with Crippen molar-refractivity contribution >= 4 is 23.9 Å². The standard InChI is InChI=1S/C33H42O12/c1-16-21(37)14-32(30(5,6)40)24(16)25(44-29(39)20-11-9-8-10-12-20)27(38)31(7)22(42-17(2)34)13-23-33(15-41-23,45-19(4)36)26(31)28(32)43-18(3)35/h8-12,21-23,25-28,37-38,40H,13-15H2,1-7H3. The number of aliphatic hydroxyl groups excluding tert-OH is 2. The third-order valence-corrected chi connectivity index (χ3v) is 10.6. The van der Waals surface area contributed by atoms with Crippen LogP contribution in [0.25, 0.3) is 0 Å². The summed E-state index contributed by atoms with van der Waals surface area (Å²) in [6.07, 6.45) is -7.94. The molecule has 10 unspecified atom stereocenters. The molecule has 0 radical (unpaired) electrons. The fourth-order valence-electron chi connectivity index (χ4n) is 8.63. The van der Waals surface area contributed by atoms with Gasteiger partial charge in [0.2, 0.25) is 0 Å². The molecule has 1 aromatic rings. The van der Waals surface area contributed by atoms with Crippen molar-refractivity contribution in [3.05, 3.63) is 47.0 Å². The molecule has 246 valence electrons. The molecule has 1 aromatic carbocycles. The lowest BCUT2D eigenvalue weighted by Gasteiger charge is -2.65. The van der Waals surface area contributed by atoms with Gasteiger partial charge in [-0.1, -0.05) is 25.1 Å². The molecule has 12 nitrogen and oxygen atoms in total. The number of aliphatic hydroxyl groups is 3. The molecule has 0 bridgehead atoms. The maximum absolute atomic E-state index is 13.7. The summed E-state index contributed by atoms with van der Waals surface area (Å²) in [7, 11) is 0. The highest BCUT2D eigenvalue weighted by Gasteiger charge is 2.80. The zero-order chi connectivity index (χ0) is 33.3. The van der Waals surface area contributed by atoms with E-state index in [0.717, 1.165) is 0 Å². The van der Waals surface area contributed by atoms with Crippen LogP contribution in [0, 0.1) is 16.7 Å². The van der Waals surface area contributed by atoms with Gasteiger partial charge >= 0.3 is 23.9 Å². The summed E-state index contributed by atoms with van der Waals surface area (Å²) in [4.78, 5) is 51.9. The highest BCUT2D eigenvalue weighted by Crippen LogP contribution is 2.68. The lowest BCUT2D eigenvalue weighted by molar-refractivity contribution is -0.352. The molecule has 1 saturated heterocycles. The number of carbonyl (C=O) groups excluding carboxylic acids is 4. The lowest BCUT2D eigenvalue weighted by atomic mass is 9.49. The monoisotopic (exact) mass is 630 g/mol. The molecule has 3 fully saturated rings. The summed E-state index contributed by atoms with van der Waals surface area (Å²) in [5.41, 5.74) is -5.97. The van der Waals surface area contributed by atoms with Crippen molar-refractivity contribution in [2.45, 2.75) is 109 Å². The Hall–Kier alpha value is -3.32. The predicted molar refractivity (Wildman–Crippen MR) is 155 cm³/mol. The van der Waals surface area contributed by atoms with E-state index in [-0.39, 0.29) is 30.6 Å². The molecule has 0 spiro atoms. The van der Waals surface area contributed by atoms with Crippen molar-refractivity contribution in [3.63, 3.8) is 0 Å². The van der Waals surface area contributed by atoms with Crippen LogP contribution < -0.4 is 0 Å². The van der Waals surface area contributed by atoms with Crippen LogP contribution in [0.1, 0.15) is 71.7 Å². The SMILES string of the molecule is CC(=O)OC1CC2OCC2(OC(C)=O)C2C(OC(C)=O)C3(C(C)(C)O)CC(O)C(C)=C3C(OC(=O)c3ccccc3)C(O)C12C. The van der Waals surface area contributed by atoms with Gasteiger partial charge in [-0.05, 0) is 50.5 Å². The molecule has 12 heteroatoms. The quantitative estimate of drug-likeness (QED) is 0.237. The first kappa shape index (κ1) is 33.1. The van der Waals surface area contributed by atoms with Gasteiger partial charge in [-0.15, -0.1) is 0 Å².